The van der Waals surface area contributed by atoms with Crippen LogP contribution in [0.2, 0.25) is 0 Å². The fraction of sp³-hybridized carbons (Fsp3) is 0.700. The van der Waals surface area contributed by atoms with Gasteiger partial charge in [-0.3, -0.25) is 0 Å². The van der Waals surface area contributed by atoms with E-state index in [0.717, 1.165) is 13.0 Å². The first kappa shape index (κ1) is 12.6. The van der Waals surface area contributed by atoms with Gasteiger partial charge in [-0.25, -0.2) is 4.79 Å². The Kier molecular flexibility index (Phi) is 4.91. The van der Waals surface area contributed by atoms with Crippen molar-refractivity contribution >= 4 is 5.97 Å². The van der Waals surface area contributed by atoms with Crippen LogP contribution < -0.4 is 0 Å². The number of esters is 1. The third-order valence-corrected chi connectivity index (χ3v) is 1.92. The highest BCUT2D eigenvalue weighted by molar-refractivity contribution is 5.83. The highest BCUT2D eigenvalue weighted by Gasteiger charge is 2.15. The van der Waals surface area contributed by atoms with E-state index in [0.29, 0.717) is 18.9 Å². The van der Waals surface area contributed by atoms with Crippen molar-refractivity contribution < 1.29 is 14.1 Å². The Labute approximate surface area is 94.6 Å². The van der Waals surface area contributed by atoms with Gasteiger partial charge in [0.15, 0.2) is 5.82 Å². The van der Waals surface area contributed by atoms with Crippen molar-refractivity contribution in [1.29, 1.82) is 0 Å². The number of rotatable bonds is 6. The van der Waals surface area contributed by atoms with Crippen molar-refractivity contribution in [1.82, 2.24) is 15.0 Å². The number of hydrogen-bond donors (Lipinski definition) is 0. The minimum Gasteiger partial charge on any atom is -0.459 e. The van der Waals surface area contributed by atoms with E-state index in [4.69, 9.17) is 9.26 Å². The van der Waals surface area contributed by atoms with Gasteiger partial charge in [0.1, 0.15) is 0 Å². The number of aryl methyl sites for hydroxylation is 1. The molecule has 1 rings (SSSR count). The van der Waals surface area contributed by atoms with E-state index in [1.54, 1.807) is 6.92 Å². The molecule has 6 nitrogen and oxygen atoms in total. The monoisotopic (exact) mass is 227 g/mol. The number of nitrogens with zero attached hydrogens (tertiary/aromatic N) is 3. The summed E-state index contributed by atoms with van der Waals surface area (Å²) in [5.74, 6) is -0.0829. The molecule has 0 spiro atoms. The summed E-state index contributed by atoms with van der Waals surface area (Å²) in [7, 11) is 4.00. The summed E-state index contributed by atoms with van der Waals surface area (Å²) in [5.41, 5.74) is 0. The number of carbonyl (C=O) groups is 1. The lowest BCUT2D eigenvalue weighted by Gasteiger charge is -2.06. The zero-order valence-corrected chi connectivity index (χ0v) is 9.89. The second-order valence-electron chi connectivity index (χ2n) is 3.64. The molecule has 0 bridgehead atoms. The maximum atomic E-state index is 11.2. The van der Waals surface area contributed by atoms with Gasteiger partial charge in [0.25, 0.3) is 0 Å². The van der Waals surface area contributed by atoms with Gasteiger partial charge < -0.3 is 14.2 Å². The third-order valence-electron chi connectivity index (χ3n) is 1.92. The highest BCUT2D eigenvalue weighted by Crippen LogP contribution is 2.02. The number of carbonyl (C=O) groups excluding carboxylic acids is 1. The van der Waals surface area contributed by atoms with Crippen molar-refractivity contribution in [2.75, 3.05) is 27.2 Å². The Hall–Kier alpha value is -1.43. The van der Waals surface area contributed by atoms with Crippen molar-refractivity contribution in [2.24, 2.45) is 0 Å². The lowest BCUT2D eigenvalue weighted by molar-refractivity contribution is 0.0470. The Morgan fingerprint density at radius 2 is 2.25 bits per heavy atom. The highest BCUT2D eigenvalue weighted by atomic mass is 16.6. The Morgan fingerprint density at radius 1 is 1.50 bits per heavy atom. The zero-order valence-electron chi connectivity index (χ0n) is 9.89. The van der Waals surface area contributed by atoms with Crippen molar-refractivity contribution in [3.8, 4) is 0 Å². The van der Waals surface area contributed by atoms with Gasteiger partial charge in [-0.2, -0.15) is 4.98 Å². The van der Waals surface area contributed by atoms with Gasteiger partial charge >= 0.3 is 11.9 Å². The average molecular weight is 227 g/mol. The van der Waals surface area contributed by atoms with Gasteiger partial charge in [0, 0.05) is 6.42 Å². The topological polar surface area (TPSA) is 68.5 Å². The summed E-state index contributed by atoms with van der Waals surface area (Å²) in [6, 6.07) is 0. The molecule has 6 heteroatoms. The minimum absolute atomic E-state index is 0.0679. The normalized spacial score (nSPS) is 10.8. The van der Waals surface area contributed by atoms with E-state index >= 15 is 0 Å². The smallest absolute Gasteiger partial charge is 0.397 e. The van der Waals surface area contributed by atoms with E-state index in [2.05, 4.69) is 15.0 Å². The molecule has 1 heterocycles. The summed E-state index contributed by atoms with van der Waals surface area (Å²) in [5, 5.41) is 3.71. The lowest BCUT2D eigenvalue weighted by atomic mass is 10.3. The molecular formula is C10H17N3O3. The fourth-order valence-electron chi connectivity index (χ4n) is 1.18. The summed E-state index contributed by atoms with van der Waals surface area (Å²) >= 11 is 0. The second-order valence-corrected chi connectivity index (χ2v) is 3.64. The van der Waals surface area contributed by atoms with Gasteiger partial charge in [-0.1, -0.05) is 5.16 Å². The van der Waals surface area contributed by atoms with E-state index in [9.17, 15) is 4.79 Å². The molecule has 0 fully saturated rings. The lowest BCUT2D eigenvalue weighted by Crippen LogP contribution is -2.13. The van der Waals surface area contributed by atoms with E-state index in [1.807, 2.05) is 14.1 Å². The van der Waals surface area contributed by atoms with Crippen LogP contribution in [0.1, 0.15) is 29.9 Å². The first-order chi connectivity index (χ1) is 7.63. The molecule has 0 amide bonds. The molecule has 16 heavy (non-hydrogen) atoms. The van der Waals surface area contributed by atoms with Crippen LogP contribution in [0.25, 0.3) is 0 Å². The van der Waals surface area contributed by atoms with Crippen LogP contribution in [0.4, 0.5) is 0 Å². The number of hydrogen-bond acceptors (Lipinski definition) is 6. The molecule has 1 aromatic rings. The second kappa shape index (κ2) is 6.22. The molecule has 0 radical (unpaired) electrons. The molecule has 0 aliphatic heterocycles. The van der Waals surface area contributed by atoms with Crippen LogP contribution in [0, 0.1) is 0 Å². The summed E-state index contributed by atoms with van der Waals surface area (Å²) in [6.45, 7) is 2.98. The quantitative estimate of drug-likeness (QED) is 0.668. The van der Waals surface area contributed by atoms with E-state index in [1.165, 1.54) is 0 Å². The molecule has 0 atom stereocenters. The molecule has 0 aromatic carbocycles. The predicted molar refractivity (Wildman–Crippen MR) is 57.1 cm³/mol. The summed E-state index contributed by atoms with van der Waals surface area (Å²) < 4.78 is 9.53. The standard InChI is InChI=1S/C10H17N3O3/c1-4-15-10(14)9-11-8(12-16-9)6-5-7-13(2)3/h4-7H2,1-3H3. The molecular weight excluding hydrogens is 210 g/mol. The largest absolute Gasteiger partial charge is 0.459 e. The summed E-state index contributed by atoms with van der Waals surface area (Å²) in [6.07, 6.45) is 1.62. The number of aromatic nitrogens is 2. The molecule has 1 aromatic heterocycles. The number of ether oxygens (including phenoxy) is 1. The van der Waals surface area contributed by atoms with Crippen LogP contribution in [0.3, 0.4) is 0 Å². The Bertz CT molecular complexity index is 336. The average Bonchev–Trinajstić information content (AvgIpc) is 2.66. The SMILES string of the molecule is CCOC(=O)c1nc(CCCN(C)C)no1. The molecule has 0 aliphatic carbocycles. The summed E-state index contributed by atoms with van der Waals surface area (Å²) in [4.78, 5) is 17.2. The van der Waals surface area contributed by atoms with Crippen molar-refractivity contribution in [3.05, 3.63) is 11.7 Å². The van der Waals surface area contributed by atoms with Crippen LogP contribution in [0.5, 0.6) is 0 Å². The zero-order chi connectivity index (χ0) is 12.0. The first-order valence-electron chi connectivity index (χ1n) is 5.28. The maximum Gasteiger partial charge on any atom is 0.397 e. The van der Waals surface area contributed by atoms with Crippen LogP contribution in [-0.2, 0) is 11.2 Å². The molecule has 0 unspecified atom stereocenters. The Morgan fingerprint density at radius 3 is 2.88 bits per heavy atom. The van der Waals surface area contributed by atoms with Gasteiger partial charge in [0.05, 0.1) is 6.61 Å². The molecule has 90 valence electrons. The molecule has 0 N–H and O–H groups in total. The van der Waals surface area contributed by atoms with Crippen molar-refractivity contribution in [2.45, 2.75) is 19.8 Å². The maximum absolute atomic E-state index is 11.2. The van der Waals surface area contributed by atoms with Gasteiger partial charge in [-0.05, 0) is 34.0 Å². The van der Waals surface area contributed by atoms with Crippen LogP contribution in [0.15, 0.2) is 4.52 Å². The fourth-order valence-corrected chi connectivity index (χ4v) is 1.18. The third kappa shape index (κ3) is 3.98. The molecule has 0 saturated heterocycles. The van der Waals surface area contributed by atoms with Gasteiger partial charge in [-0.15, -0.1) is 0 Å². The van der Waals surface area contributed by atoms with E-state index in [-0.39, 0.29) is 5.89 Å². The predicted octanol–water partition coefficient (Wildman–Crippen LogP) is 0.740. The van der Waals surface area contributed by atoms with Crippen LogP contribution in [-0.4, -0.2) is 48.3 Å². The molecule has 0 aliphatic rings. The van der Waals surface area contributed by atoms with Crippen LogP contribution >= 0.6 is 0 Å². The molecule has 0 saturated carbocycles. The van der Waals surface area contributed by atoms with E-state index < -0.39 is 5.97 Å². The van der Waals surface area contributed by atoms with Crippen molar-refractivity contribution in [3.63, 3.8) is 0 Å². The minimum atomic E-state index is -0.561. The van der Waals surface area contributed by atoms with Gasteiger partial charge in [0.2, 0.25) is 0 Å². The Balaban J connectivity index is 2.42. The first-order valence-corrected chi connectivity index (χ1v) is 5.28.